The van der Waals surface area contributed by atoms with E-state index in [1.54, 1.807) is 19.4 Å². The summed E-state index contributed by atoms with van der Waals surface area (Å²) in [6.45, 7) is 4.04. The molecule has 0 aliphatic rings. The van der Waals surface area contributed by atoms with Crippen LogP contribution in [0.5, 0.6) is 5.75 Å². The van der Waals surface area contributed by atoms with Crippen LogP contribution in [0, 0.1) is 0 Å². The van der Waals surface area contributed by atoms with E-state index >= 15 is 0 Å². The molecule has 1 aromatic carbocycles. The molecule has 0 aliphatic carbocycles. The number of nitrogens with one attached hydrogen (secondary N) is 1. The minimum atomic E-state index is 0.242. The Morgan fingerprint density at radius 1 is 1.25 bits per heavy atom. The summed E-state index contributed by atoms with van der Waals surface area (Å²) < 4.78 is 10.7. The number of methoxy groups -OCH3 is 1. The number of pyridine rings is 1. The zero-order chi connectivity index (χ0) is 17.1. The first-order chi connectivity index (χ1) is 11.6. The molecule has 0 saturated heterocycles. The van der Waals surface area contributed by atoms with Crippen molar-refractivity contribution >= 4 is 11.5 Å². The lowest BCUT2D eigenvalue weighted by molar-refractivity contribution is 0.413. The summed E-state index contributed by atoms with van der Waals surface area (Å²) in [7, 11) is 1.60. The monoisotopic (exact) mass is 325 g/mol. The van der Waals surface area contributed by atoms with Crippen molar-refractivity contribution in [3.05, 3.63) is 36.5 Å². The summed E-state index contributed by atoms with van der Waals surface area (Å²) in [5.41, 5.74) is 7.98. The maximum atomic E-state index is 6.04. The predicted octanol–water partition coefficient (Wildman–Crippen LogP) is 3.21. The van der Waals surface area contributed by atoms with Gasteiger partial charge in [0.25, 0.3) is 5.89 Å². The molecule has 0 fully saturated rings. The second-order valence-electron chi connectivity index (χ2n) is 5.58. The molecule has 0 spiro atoms. The van der Waals surface area contributed by atoms with E-state index in [-0.39, 0.29) is 6.04 Å². The van der Waals surface area contributed by atoms with Gasteiger partial charge in [-0.15, -0.1) is 0 Å². The maximum Gasteiger partial charge on any atom is 0.259 e. The first kappa shape index (κ1) is 15.8. The highest BCUT2D eigenvalue weighted by molar-refractivity contribution is 5.70. The fourth-order valence-electron chi connectivity index (χ4n) is 2.27. The summed E-state index contributed by atoms with van der Waals surface area (Å²) in [5, 5.41) is 7.20. The third-order valence-electron chi connectivity index (χ3n) is 3.36. The number of nitrogens with zero attached hydrogens (tertiary/aromatic N) is 3. The second-order valence-corrected chi connectivity index (χ2v) is 5.58. The van der Waals surface area contributed by atoms with Crippen LogP contribution >= 0.6 is 0 Å². The van der Waals surface area contributed by atoms with Crippen LogP contribution in [0.2, 0.25) is 0 Å². The van der Waals surface area contributed by atoms with Gasteiger partial charge in [-0.1, -0.05) is 17.3 Å². The standard InChI is InChI=1S/C17H19N5O2/c1-10(2)20-16-13(18)8-11(9-19-16)17-21-15(22-24-17)12-6-4-5-7-14(12)23-3/h4-10H,18H2,1-3H3,(H,19,20). The molecule has 0 amide bonds. The fraction of sp³-hybridized carbons (Fsp3) is 0.235. The summed E-state index contributed by atoms with van der Waals surface area (Å²) in [6, 6.07) is 9.49. The van der Waals surface area contributed by atoms with E-state index in [4.69, 9.17) is 15.0 Å². The summed E-state index contributed by atoms with van der Waals surface area (Å²) in [5.74, 6) is 2.12. The Morgan fingerprint density at radius 3 is 2.75 bits per heavy atom. The molecule has 0 radical (unpaired) electrons. The third-order valence-corrected chi connectivity index (χ3v) is 3.36. The normalized spacial score (nSPS) is 10.8. The number of benzene rings is 1. The van der Waals surface area contributed by atoms with Gasteiger partial charge in [-0.25, -0.2) is 4.98 Å². The van der Waals surface area contributed by atoms with Crippen LogP contribution in [-0.2, 0) is 0 Å². The van der Waals surface area contributed by atoms with Gasteiger partial charge < -0.3 is 20.3 Å². The van der Waals surface area contributed by atoms with Crippen molar-refractivity contribution in [1.82, 2.24) is 15.1 Å². The van der Waals surface area contributed by atoms with Gasteiger partial charge in [0.1, 0.15) is 11.6 Å². The minimum Gasteiger partial charge on any atom is -0.496 e. The van der Waals surface area contributed by atoms with Crippen LogP contribution in [0.1, 0.15) is 13.8 Å². The fourth-order valence-corrected chi connectivity index (χ4v) is 2.27. The molecule has 2 heterocycles. The molecule has 7 nitrogen and oxygen atoms in total. The molecule has 0 atom stereocenters. The quantitative estimate of drug-likeness (QED) is 0.743. The number of aromatic nitrogens is 3. The minimum absolute atomic E-state index is 0.242. The van der Waals surface area contributed by atoms with E-state index in [1.165, 1.54) is 0 Å². The number of nitrogen functional groups attached to an aromatic ring is 1. The van der Waals surface area contributed by atoms with E-state index in [2.05, 4.69) is 20.4 Å². The summed E-state index contributed by atoms with van der Waals surface area (Å²) in [6.07, 6.45) is 1.65. The molecular formula is C17H19N5O2. The molecule has 0 unspecified atom stereocenters. The van der Waals surface area contributed by atoms with Crippen molar-refractivity contribution in [2.45, 2.75) is 19.9 Å². The van der Waals surface area contributed by atoms with Gasteiger partial charge in [-0.3, -0.25) is 0 Å². The Labute approximate surface area is 139 Å². The molecule has 3 aromatic rings. The first-order valence-electron chi connectivity index (χ1n) is 7.58. The average molecular weight is 325 g/mol. The zero-order valence-corrected chi connectivity index (χ0v) is 13.8. The molecule has 3 rings (SSSR count). The van der Waals surface area contributed by atoms with Crippen molar-refractivity contribution in [1.29, 1.82) is 0 Å². The molecule has 0 bridgehead atoms. The van der Waals surface area contributed by atoms with E-state index < -0.39 is 0 Å². The highest BCUT2D eigenvalue weighted by atomic mass is 16.5. The zero-order valence-electron chi connectivity index (χ0n) is 13.8. The topological polar surface area (TPSA) is 99.1 Å². The van der Waals surface area contributed by atoms with E-state index in [9.17, 15) is 0 Å². The highest BCUT2D eigenvalue weighted by Crippen LogP contribution is 2.30. The van der Waals surface area contributed by atoms with Crippen molar-refractivity contribution in [2.75, 3.05) is 18.2 Å². The smallest absolute Gasteiger partial charge is 0.259 e. The molecule has 0 saturated carbocycles. The number of nitrogens with two attached hydrogens (primary N) is 1. The van der Waals surface area contributed by atoms with E-state index in [1.807, 2.05) is 38.1 Å². The number of hydrogen-bond acceptors (Lipinski definition) is 7. The Hall–Kier alpha value is -3.09. The lowest BCUT2D eigenvalue weighted by atomic mass is 10.2. The van der Waals surface area contributed by atoms with Crippen LogP contribution in [0.4, 0.5) is 11.5 Å². The van der Waals surface area contributed by atoms with E-state index in [0.717, 1.165) is 5.56 Å². The number of ether oxygens (including phenoxy) is 1. The molecule has 2 aromatic heterocycles. The number of anilines is 2. The van der Waals surface area contributed by atoms with Crippen LogP contribution in [-0.4, -0.2) is 28.3 Å². The van der Waals surface area contributed by atoms with Gasteiger partial charge in [0.2, 0.25) is 5.82 Å². The molecule has 3 N–H and O–H groups in total. The lowest BCUT2D eigenvalue weighted by Crippen LogP contribution is -2.12. The van der Waals surface area contributed by atoms with Crippen LogP contribution in [0.15, 0.2) is 41.1 Å². The SMILES string of the molecule is COc1ccccc1-c1noc(-c2cnc(NC(C)C)c(N)c2)n1. The summed E-state index contributed by atoms with van der Waals surface area (Å²) >= 11 is 0. The summed E-state index contributed by atoms with van der Waals surface area (Å²) in [4.78, 5) is 8.74. The molecule has 0 aliphatic heterocycles. The van der Waals surface area contributed by atoms with E-state index in [0.29, 0.717) is 34.5 Å². The second kappa shape index (κ2) is 6.57. The van der Waals surface area contributed by atoms with Crippen LogP contribution in [0.3, 0.4) is 0 Å². The Morgan fingerprint density at radius 2 is 2.04 bits per heavy atom. The van der Waals surface area contributed by atoms with Gasteiger partial charge in [0.05, 0.1) is 23.9 Å². The van der Waals surface area contributed by atoms with Gasteiger partial charge >= 0.3 is 0 Å². The van der Waals surface area contributed by atoms with Crippen molar-refractivity contribution < 1.29 is 9.26 Å². The first-order valence-corrected chi connectivity index (χ1v) is 7.58. The Kier molecular flexibility index (Phi) is 4.33. The van der Waals surface area contributed by atoms with Crippen molar-refractivity contribution in [3.63, 3.8) is 0 Å². The van der Waals surface area contributed by atoms with Crippen molar-refractivity contribution in [2.24, 2.45) is 0 Å². The number of rotatable bonds is 5. The largest absolute Gasteiger partial charge is 0.496 e. The van der Waals surface area contributed by atoms with Crippen molar-refractivity contribution in [3.8, 4) is 28.6 Å². The Bertz CT molecular complexity index is 845. The van der Waals surface area contributed by atoms with Gasteiger partial charge in [0, 0.05) is 12.2 Å². The lowest BCUT2D eigenvalue weighted by Gasteiger charge is -2.11. The third kappa shape index (κ3) is 3.15. The molecule has 24 heavy (non-hydrogen) atoms. The molecular weight excluding hydrogens is 306 g/mol. The highest BCUT2D eigenvalue weighted by Gasteiger charge is 2.15. The number of hydrogen-bond donors (Lipinski definition) is 2. The maximum absolute atomic E-state index is 6.04. The van der Waals surface area contributed by atoms with Gasteiger partial charge in [-0.2, -0.15) is 4.98 Å². The Balaban J connectivity index is 1.92. The van der Waals surface area contributed by atoms with Crippen LogP contribution < -0.4 is 15.8 Å². The molecule has 124 valence electrons. The van der Waals surface area contributed by atoms with Crippen LogP contribution in [0.25, 0.3) is 22.8 Å². The average Bonchev–Trinajstić information content (AvgIpc) is 3.06. The van der Waals surface area contributed by atoms with Gasteiger partial charge in [0.15, 0.2) is 0 Å². The molecule has 7 heteroatoms. The predicted molar refractivity (Wildman–Crippen MR) is 92.7 cm³/mol. The van der Waals surface area contributed by atoms with Gasteiger partial charge in [-0.05, 0) is 32.0 Å². The number of para-hydroxylation sites is 1.